The average Bonchev–Trinajstić information content (AvgIpc) is 2.66. The zero-order valence-corrected chi connectivity index (χ0v) is 19.6. The van der Waals surface area contributed by atoms with E-state index in [0.29, 0.717) is 13.2 Å². The molecule has 0 spiro atoms. The molecule has 0 atom stereocenters. The fourth-order valence-corrected chi connectivity index (χ4v) is 3.11. The molecule has 2 N–H and O–H groups in total. The number of nitrogens with zero attached hydrogens (tertiary/aromatic N) is 3. The highest BCUT2D eigenvalue weighted by molar-refractivity contribution is 14.0. The summed E-state index contributed by atoms with van der Waals surface area (Å²) in [6, 6.07) is 8.69. The fraction of sp³-hybridized carbons (Fsp3) is 0.600. The van der Waals surface area contributed by atoms with Gasteiger partial charge < -0.3 is 20.3 Å². The molecule has 1 aliphatic rings. The van der Waals surface area contributed by atoms with Gasteiger partial charge in [0.25, 0.3) is 0 Å². The molecule has 1 amide bonds. The van der Waals surface area contributed by atoms with Gasteiger partial charge >= 0.3 is 0 Å². The Labute approximate surface area is 185 Å². The molecule has 2 rings (SSSR count). The second kappa shape index (κ2) is 13.7. The van der Waals surface area contributed by atoms with Crippen LogP contribution in [0.5, 0.6) is 0 Å². The molecule has 1 aliphatic heterocycles. The number of nitrogens with one attached hydrogen (secondary N) is 2. The van der Waals surface area contributed by atoms with Gasteiger partial charge in [-0.15, -0.1) is 24.0 Å². The number of methoxy groups -OCH3 is 1. The number of rotatable bonds is 8. The van der Waals surface area contributed by atoms with E-state index in [1.165, 1.54) is 11.1 Å². The molecule has 1 heterocycles. The smallest absolute Gasteiger partial charge is 0.241 e. The Balaban J connectivity index is 0.00000392. The number of carbonyl (C=O) groups excluding carboxylic acids is 1. The van der Waals surface area contributed by atoms with Crippen LogP contribution in [0.3, 0.4) is 0 Å². The first-order chi connectivity index (χ1) is 13.1. The second-order valence-corrected chi connectivity index (χ2v) is 6.77. The highest BCUT2D eigenvalue weighted by Gasteiger charge is 2.19. The summed E-state index contributed by atoms with van der Waals surface area (Å²) in [6.45, 7) is 10.9. The quantitative estimate of drug-likeness (QED) is 0.244. The standard InChI is InChI=1S/C20H33N5O2.HI/c1-4-21-20(23-15-19(26)22-8-13-27-3)25-11-9-24(10-12-25)16-18-7-5-6-17(2)14-18;/h5-7,14H,4,8-13,15-16H2,1-3H3,(H,21,23)(H,22,26);1H. The minimum absolute atomic E-state index is 0. The lowest BCUT2D eigenvalue weighted by molar-refractivity contribution is -0.119. The Kier molecular flexibility index (Phi) is 12.1. The molecule has 8 heteroatoms. The third-order valence-corrected chi connectivity index (χ3v) is 4.50. The molecule has 1 aromatic rings. The summed E-state index contributed by atoms with van der Waals surface area (Å²) in [4.78, 5) is 21.1. The van der Waals surface area contributed by atoms with Crippen molar-refractivity contribution in [2.75, 3.05) is 59.5 Å². The number of benzene rings is 1. The van der Waals surface area contributed by atoms with Gasteiger partial charge in [-0.1, -0.05) is 29.8 Å². The van der Waals surface area contributed by atoms with Crippen molar-refractivity contribution < 1.29 is 9.53 Å². The van der Waals surface area contributed by atoms with Crippen LogP contribution in [0.25, 0.3) is 0 Å². The molecule has 0 aromatic heterocycles. The van der Waals surface area contributed by atoms with Crippen molar-refractivity contribution in [3.8, 4) is 0 Å². The highest BCUT2D eigenvalue weighted by atomic mass is 127. The van der Waals surface area contributed by atoms with Gasteiger partial charge in [0.2, 0.25) is 5.91 Å². The maximum atomic E-state index is 11.9. The summed E-state index contributed by atoms with van der Waals surface area (Å²) >= 11 is 0. The Morgan fingerprint density at radius 1 is 1.21 bits per heavy atom. The number of aliphatic imine (C=N–C) groups is 1. The van der Waals surface area contributed by atoms with E-state index < -0.39 is 0 Å². The number of halogens is 1. The number of hydrogen-bond acceptors (Lipinski definition) is 4. The number of piperazine rings is 1. The van der Waals surface area contributed by atoms with Crippen LogP contribution in [0, 0.1) is 6.92 Å². The molecule has 1 fully saturated rings. The average molecular weight is 503 g/mol. The van der Waals surface area contributed by atoms with E-state index in [1.807, 2.05) is 6.92 Å². The first-order valence-corrected chi connectivity index (χ1v) is 9.69. The van der Waals surface area contributed by atoms with Crippen molar-refractivity contribution in [3.05, 3.63) is 35.4 Å². The lowest BCUT2D eigenvalue weighted by Crippen LogP contribution is -2.52. The van der Waals surface area contributed by atoms with Crippen LogP contribution < -0.4 is 10.6 Å². The van der Waals surface area contributed by atoms with Crippen LogP contribution in [0.4, 0.5) is 0 Å². The predicted molar refractivity (Wildman–Crippen MR) is 124 cm³/mol. The number of aryl methyl sites for hydroxylation is 1. The summed E-state index contributed by atoms with van der Waals surface area (Å²) in [5.41, 5.74) is 2.66. The molecule has 0 saturated carbocycles. The Hall–Kier alpha value is -1.39. The maximum Gasteiger partial charge on any atom is 0.241 e. The lowest BCUT2D eigenvalue weighted by atomic mass is 10.1. The lowest BCUT2D eigenvalue weighted by Gasteiger charge is -2.36. The predicted octanol–water partition coefficient (Wildman–Crippen LogP) is 1.46. The number of hydrogen-bond donors (Lipinski definition) is 2. The van der Waals surface area contributed by atoms with Crippen molar-refractivity contribution in [2.45, 2.75) is 20.4 Å². The van der Waals surface area contributed by atoms with Gasteiger partial charge in [-0.05, 0) is 19.4 Å². The second-order valence-electron chi connectivity index (χ2n) is 6.77. The van der Waals surface area contributed by atoms with Crippen molar-refractivity contribution in [2.24, 2.45) is 4.99 Å². The van der Waals surface area contributed by atoms with Gasteiger partial charge in [0.15, 0.2) is 5.96 Å². The number of amides is 1. The number of ether oxygens (including phenoxy) is 1. The minimum atomic E-state index is -0.0828. The summed E-state index contributed by atoms with van der Waals surface area (Å²) in [7, 11) is 1.62. The molecule has 0 bridgehead atoms. The van der Waals surface area contributed by atoms with Crippen LogP contribution in [-0.4, -0.2) is 81.2 Å². The highest BCUT2D eigenvalue weighted by Crippen LogP contribution is 2.10. The van der Waals surface area contributed by atoms with Gasteiger partial charge in [-0.2, -0.15) is 0 Å². The van der Waals surface area contributed by atoms with Crippen LogP contribution in [0.2, 0.25) is 0 Å². The van der Waals surface area contributed by atoms with Crippen LogP contribution in [0.15, 0.2) is 29.3 Å². The van der Waals surface area contributed by atoms with Gasteiger partial charge in [0, 0.05) is 52.9 Å². The number of guanidine groups is 1. The van der Waals surface area contributed by atoms with Gasteiger partial charge in [-0.3, -0.25) is 9.69 Å². The molecule has 0 unspecified atom stereocenters. The monoisotopic (exact) mass is 503 g/mol. The molecule has 158 valence electrons. The molecule has 7 nitrogen and oxygen atoms in total. The molecule has 0 radical (unpaired) electrons. The first-order valence-electron chi connectivity index (χ1n) is 9.69. The van der Waals surface area contributed by atoms with Crippen molar-refractivity contribution >= 4 is 35.8 Å². The summed E-state index contributed by atoms with van der Waals surface area (Å²) in [5.74, 6) is 0.732. The molecule has 1 aromatic carbocycles. The van der Waals surface area contributed by atoms with E-state index in [1.54, 1.807) is 7.11 Å². The van der Waals surface area contributed by atoms with E-state index in [4.69, 9.17) is 4.74 Å². The summed E-state index contributed by atoms with van der Waals surface area (Å²) in [6.07, 6.45) is 0. The van der Waals surface area contributed by atoms with Crippen LogP contribution in [-0.2, 0) is 16.1 Å². The molecule has 0 aliphatic carbocycles. The minimum Gasteiger partial charge on any atom is -0.383 e. The van der Waals surface area contributed by atoms with Crippen LogP contribution >= 0.6 is 24.0 Å². The van der Waals surface area contributed by atoms with Gasteiger partial charge in [0.05, 0.1) is 6.61 Å². The van der Waals surface area contributed by atoms with Crippen LogP contribution in [0.1, 0.15) is 18.1 Å². The van der Waals surface area contributed by atoms with Crippen molar-refractivity contribution in [1.82, 2.24) is 20.4 Å². The van der Waals surface area contributed by atoms with E-state index >= 15 is 0 Å². The molecular weight excluding hydrogens is 469 g/mol. The maximum absolute atomic E-state index is 11.9. The van der Waals surface area contributed by atoms with Crippen molar-refractivity contribution in [1.29, 1.82) is 0 Å². The third-order valence-electron chi connectivity index (χ3n) is 4.50. The largest absolute Gasteiger partial charge is 0.383 e. The van der Waals surface area contributed by atoms with Gasteiger partial charge in [0.1, 0.15) is 6.54 Å². The Bertz CT molecular complexity index is 618. The van der Waals surface area contributed by atoms with E-state index in [9.17, 15) is 4.79 Å². The fourth-order valence-electron chi connectivity index (χ4n) is 3.11. The molecule has 28 heavy (non-hydrogen) atoms. The molecular formula is C20H34IN5O2. The summed E-state index contributed by atoms with van der Waals surface area (Å²) < 4.78 is 4.93. The Morgan fingerprint density at radius 3 is 2.61 bits per heavy atom. The normalized spacial score (nSPS) is 15.1. The van der Waals surface area contributed by atoms with E-state index in [-0.39, 0.29) is 36.4 Å². The van der Waals surface area contributed by atoms with Gasteiger partial charge in [-0.25, -0.2) is 4.99 Å². The zero-order chi connectivity index (χ0) is 19.5. The van der Waals surface area contributed by atoms with E-state index in [2.05, 4.69) is 56.6 Å². The Morgan fingerprint density at radius 2 is 1.96 bits per heavy atom. The molecule has 1 saturated heterocycles. The SMILES string of the molecule is CCNC(=NCC(=O)NCCOC)N1CCN(Cc2cccc(C)c2)CC1.I. The van der Waals surface area contributed by atoms with Crippen molar-refractivity contribution in [3.63, 3.8) is 0 Å². The van der Waals surface area contributed by atoms with E-state index in [0.717, 1.165) is 45.2 Å². The third kappa shape index (κ3) is 8.74. The topological polar surface area (TPSA) is 69.2 Å². The zero-order valence-electron chi connectivity index (χ0n) is 17.2. The summed E-state index contributed by atoms with van der Waals surface area (Å²) in [5, 5.41) is 6.10. The first kappa shape index (κ1) is 24.6. The number of carbonyl (C=O) groups is 1.